The lowest BCUT2D eigenvalue weighted by Crippen LogP contribution is -1.94. The van der Waals surface area contributed by atoms with Crippen molar-refractivity contribution in [2.24, 2.45) is 0 Å². The van der Waals surface area contributed by atoms with E-state index < -0.39 is 15.5 Å². The number of non-ortho nitro benzene ring substituents is 1. The van der Waals surface area contributed by atoms with E-state index >= 15 is 0 Å². The third kappa shape index (κ3) is 1.78. The minimum absolute atomic E-state index is 0.259. The standard InChI is InChI=1S/C7H5N2O4/c1-5-2-3-6(8(10)11)4-7(5)9(12)13/h2,4H,1H3. The zero-order valence-corrected chi connectivity index (χ0v) is 6.68. The van der Waals surface area contributed by atoms with Crippen LogP contribution in [0.1, 0.15) is 5.56 Å². The Bertz CT molecular complexity index is 375. The topological polar surface area (TPSA) is 86.3 Å². The van der Waals surface area contributed by atoms with Crippen LogP contribution in [0.4, 0.5) is 11.4 Å². The van der Waals surface area contributed by atoms with Crippen molar-refractivity contribution in [3.63, 3.8) is 0 Å². The highest BCUT2D eigenvalue weighted by Gasteiger charge is 2.16. The highest BCUT2D eigenvalue weighted by molar-refractivity contribution is 5.47. The van der Waals surface area contributed by atoms with Crippen LogP contribution in [0.15, 0.2) is 12.1 Å². The van der Waals surface area contributed by atoms with Gasteiger partial charge in [0.05, 0.1) is 22.0 Å². The van der Waals surface area contributed by atoms with E-state index in [4.69, 9.17) is 0 Å². The Kier molecular flexibility index (Phi) is 2.23. The van der Waals surface area contributed by atoms with Crippen LogP contribution in [-0.4, -0.2) is 9.85 Å². The third-order valence-electron chi connectivity index (χ3n) is 1.51. The summed E-state index contributed by atoms with van der Waals surface area (Å²) in [5, 5.41) is 20.6. The Hall–Kier alpha value is -1.98. The number of nitro groups is 2. The minimum atomic E-state index is -0.716. The Labute approximate surface area is 73.1 Å². The van der Waals surface area contributed by atoms with Gasteiger partial charge < -0.3 is 0 Å². The molecule has 0 amide bonds. The highest BCUT2D eigenvalue weighted by Crippen LogP contribution is 2.22. The molecule has 0 saturated heterocycles. The maximum atomic E-state index is 10.4. The van der Waals surface area contributed by atoms with Crippen molar-refractivity contribution < 1.29 is 9.85 Å². The molecule has 0 fully saturated rings. The van der Waals surface area contributed by atoms with Gasteiger partial charge in [0.1, 0.15) is 0 Å². The van der Waals surface area contributed by atoms with Crippen LogP contribution >= 0.6 is 0 Å². The van der Waals surface area contributed by atoms with Gasteiger partial charge in [0.25, 0.3) is 11.4 Å². The molecule has 0 aliphatic rings. The molecule has 0 aliphatic carbocycles. The minimum Gasteiger partial charge on any atom is -0.258 e. The van der Waals surface area contributed by atoms with E-state index in [1.807, 2.05) is 0 Å². The molecule has 6 nitrogen and oxygen atoms in total. The van der Waals surface area contributed by atoms with Crippen LogP contribution in [0.25, 0.3) is 0 Å². The van der Waals surface area contributed by atoms with E-state index in [0.717, 1.165) is 6.07 Å². The molecule has 1 aromatic rings. The summed E-state index contributed by atoms with van der Waals surface area (Å²) in [6.45, 7) is 1.50. The molecule has 13 heavy (non-hydrogen) atoms. The summed E-state index contributed by atoms with van der Waals surface area (Å²) in [6.07, 6.45) is 0. The first-order valence-corrected chi connectivity index (χ1v) is 3.33. The lowest BCUT2D eigenvalue weighted by Gasteiger charge is -1.95. The van der Waals surface area contributed by atoms with Crippen LogP contribution in [0.5, 0.6) is 0 Å². The maximum Gasteiger partial charge on any atom is 0.284 e. The zero-order valence-electron chi connectivity index (χ0n) is 6.68. The lowest BCUT2D eigenvalue weighted by molar-refractivity contribution is -0.394. The molecule has 0 atom stereocenters. The van der Waals surface area contributed by atoms with E-state index in [9.17, 15) is 20.2 Å². The third-order valence-corrected chi connectivity index (χ3v) is 1.51. The fraction of sp³-hybridized carbons (Fsp3) is 0.143. The molecule has 1 rings (SSSR count). The first-order valence-electron chi connectivity index (χ1n) is 3.33. The number of hydrogen-bond donors (Lipinski definition) is 0. The van der Waals surface area contributed by atoms with Gasteiger partial charge in [-0.05, 0) is 13.0 Å². The number of rotatable bonds is 2. The van der Waals surface area contributed by atoms with Gasteiger partial charge in [0, 0.05) is 5.56 Å². The van der Waals surface area contributed by atoms with Gasteiger partial charge in [-0.3, -0.25) is 20.2 Å². The number of aryl methyl sites for hydroxylation is 1. The molecular weight excluding hydrogens is 176 g/mol. The van der Waals surface area contributed by atoms with Crippen LogP contribution in [-0.2, 0) is 0 Å². The van der Waals surface area contributed by atoms with Crippen molar-refractivity contribution in [1.29, 1.82) is 0 Å². The molecule has 0 unspecified atom stereocenters. The Morgan fingerprint density at radius 2 is 1.92 bits per heavy atom. The van der Waals surface area contributed by atoms with Crippen LogP contribution in [0.2, 0.25) is 0 Å². The smallest absolute Gasteiger partial charge is 0.258 e. The van der Waals surface area contributed by atoms with Crippen LogP contribution < -0.4 is 0 Å². The number of benzene rings is 1. The predicted molar refractivity (Wildman–Crippen MR) is 43.3 cm³/mol. The summed E-state index contributed by atoms with van der Waals surface area (Å²) in [4.78, 5) is 19.2. The monoisotopic (exact) mass is 181 g/mol. The van der Waals surface area contributed by atoms with Gasteiger partial charge >= 0.3 is 0 Å². The molecule has 0 bridgehead atoms. The molecule has 0 heterocycles. The number of nitrogens with zero attached hydrogens (tertiary/aromatic N) is 2. The summed E-state index contributed by atoms with van der Waals surface area (Å²) in [6, 6.07) is 4.46. The second kappa shape index (κ2) is 3.18. The second-order valence-electron chi connectivity index (χ2n) is 2.40. The lowest BCUT2D eigenvalue weighted by atomic mass is 10.2. The largest absolute Gasteiger partial charge is 0.284 e. The Morgan fingerprint density at radius 3 is 2.38 bits per heavy atom. The molecule has 0 aliphatic heterocycles. The SMILES string of the molecule is Cc1c[c]c([N+](=O)[O-])cc1[N+](=O)[O-]. The highest BCUT2D eigenvalue weighted by atomic mass is 16.6. The summed E-state index contributed by atoms with van der Waals surface area (Å²) in [7, 11) is 0. The van der Waals surface area contributed by atoms with Gasteiger partial charge in [-0.1, -0.05) is 0 Å². The fourth-order valence-corrected chi connectivity index (χ4v) is 0.843. The van der Waals surface area contributed by atoms with Gasteiger partial charge in [-0.2, -0.15) is 0 Å². The molecule has 67 valence electrons. The van der Waals surface area contributed by atoms with Crippen molar-refractivity contribution in [3.05, 3.63) is 44.0 Å². The number of hydrogen-bond acceptors (Lipinski definition) is 4. The summed E-state index contributed by atoms with van der Waals surface area (Å²) >= 11 is 0. The molecule has 1 aromatic carbocycles. The average molecular weight is 181 g/mol. The Balaban J connectivity index is 3.27. The van der Waals surface area contributed by atoms with Crippen molar-refractivity contribution in [2.45, 2.75) is 6.92 Å². The molecule has 0 N–H and O–H groups in total. The van der Waals surface area contributed by atoms with Crippen LogP contribution in [0.3, 0.4) is 0 Å². The quantitative estimate of drug-likeness (QED) is 0.512. The molecule has 0 saturated carbocycles. The molecule has 0 spiro atoms. The summed E-state index contributed by atoms with van der Waals surface area (Å²) < 4.78 is 0. The first kappa shape index (κ1) is 9.11. The van der Waals surface area contributed by atoms with E-state index in [-0.39, 0.29) is 5.69 Å². The Morgan fingerprint density at radius 1 is 1.31 bits per heavy atom. The van der Waals surface area contributed by atoms with Gasteiger partial charge in [-0.25, -0.2) is 0 Å². The van der Waals surface area contributed by atoms with Gasteiger partial charge in [0.2, 0.25) is 0 Å². The first-order chi connectivity index (χ1) is 6.02. The van der Waals surface area contributed by atoms with E-state index in [2.05, 4.69) is 6.07 Å². The predicted octanol–water partition coefficient (Wildman–Crippen LogP) is 1.61. The van der Waals surface area contributed by atoms with E-state index in [1.54, 1.807) is 0 Å². The van der Waals surface area contributed by atoms with E-state index in [1.165, 1.54) is 13.0 Å². The maximum absolute atomic E-state index is 10.4. The van der Waals surface area contributed by atoms with Gasteiger partial charge in [-0.15, -0.1) is 0 Å². The average Bonchev–Trinajstić information content (AvgIpc) is 2.04. The summed E-state index contributed by atoms with van der Waals surface area (Å²) in [5.41, 5.74) is -0.293. The second-order valence-corrected chi connectivity index (χ2v) is 2.40. The van der Waals surface area contributed by atoms with Crippen molar-refractivity contribution >= 4 is 11.4 Å². The normalized spacial score (nSPS) is 9.62. The van der Waals surface area contributed by atoms with Crippen molar-refractivity contribution in [3.8, 4) is 0 Å². The molecule has 0 aromatic heterocycles. The van der Waals surface area contributed by atoms with Crippen LogP contribution in [0, 0.1) is 33.2 Å². The molecule has 6 heteroatoms. The van der Waals surface area contributed by atoms with Crippen molar-refractivity contribution in [1.82, 2.24) is 0 Å². The van der Waals surface area contributed by atoms with Crippen molar-refractivity contribution in [2.75, 3.05) is 0 Å². The van der Waals surface area contributed by atoms with Gasteiger partial charge in [0.15, 0.2) is 0 Å². The zero-order chi connectivity index (χ0) is 10.0. The number of nitro benzene ring substituents is 2. The molecular formula is C7H5N2O4. The fourth-order valence-electron chi connectivity index (χ4n) is 0.843. The van der Waals surface area contributed by atoms with E-state index in [0.29, 0.717) is 5.56 Å². The summed E-state index contributed by atoms with van der Waals surface area (Å²) in [5.74, 6) is 0. The molecule has 1 radical (unpaired) electrons.